The number of halogens is 1. The van der Waals surface area contributed by atoms with Crippen molar-refractivity contribution in [2.75, 3.05) is 37.5 Å². The Morgan fingerprint density at radius 3 is 2.79 bits per heavy atom. The van der Waals surface area contributed by atoms with Crippen LogP contribution in [0, 0.1) is 0 Å². The average molecular weight is 287 g/mol. The Kier molecular flexibility index (Phi) is 7.25. The van der Waals surface area contributed by atoms with E-state index in [0.29, 0.717) is 36.2 Å². The summed E-state index contributed by atoms with van der Waals surface area (Å²) < 4.78 is 10.4. The molecule has 1 aromatic rings. The Balaban J connectivity index is 2.25. The maximum atomic E-state index is 11.6. The van der Waals surface area contributed by atoms with Gasteiger partial charge in [-0.05, 0) is 24.6 Å². The van der Waals surface area contributed by atoms with E-state index in [1.54, 1.807) is 18.2 Å². The van der Waals surface area contributed by atoms with E-state index in [-0.39, 0.29) is 12.5 Å². The predicted octanol–water partition coefficient (Wildman–Crippen LogP) is 2.30. The number of nitrogen functional groups attached to an aromatic ring is 1. The first-order valence-corrected chi connectivity index (χ1v) is 6.51. The number of rotatable bonds is 8. The van der Waals surface area contributed by atoms with Crippen LogP contribution in [0.15, 0.2) is 18.2 Å². The quantitative estimate of drug-likeness (QED) is 0.568. The van der Waals surface area contributed by atoms with Gasteiger partial charge in [0.05, 0.1) is 24.6 Å². The minimum absolute atomic E-state index is 0.0402. The highest BCUT2D eigenvalue weighted by molar-refractivity contribution is 6.31. The third kappa shape index (κ3) is 6.42. The fraction of sp³-hybridized carbons (Fsp3) is 0.462. The molecular weight excluding hydrogens is 268 g/mol. The van der Waals surface area contributed by atoms with Gasteiger partial charge in [-0.3, -0.25) is 4.79 Å². The molecule has 0 aromatic heterocycles. The lowest BCUT2D eigenvalue weighted by atomic mass is 10.2. The molecule has 0 aliphatic heterocycles. The van der Waals surface area contributed by atoms with Gasteiger partial charge in [0.1, 0.15) is 6.61 Å². The summed E-state index contributed by atoms with van der Waals surface area (Å²) in [4.78, 5) is 11.6. The van der Waals surface area contributed by atoms with Crippen LogP contribution in [-0.2, 0) is 14.3 Å². The van der Waals surface area contributed by atoms with Gasteiger partial charge < -0.3 is 20.5 Å². The predicted molar refractivity (Wildman–Crippen MR) is 76.4 cm³/mol. The normalized spacial score (nSPS) is 10.4. The number of benzene rings is 1. The molecule has 0 saturated heterocycles. The molecule has 0 saturated carbocycles. The van der Waals surface area contributed by atoms with Gasteiger partial charge in [-0.25, -0.2) is 0 Å². The van der Waals surface area contributed by atoms with E-state index in [1.165, 1.54) is 0 Å². The van der Waals surface area contributed by atoms with Gasteiger partial charge in [0.2, 0.25) is 5.91 Å². The van der Waals surface area contributed by atoms with Gasteiger partial charge in [-0.15, -0.1) is 0 Å². The molecule has 0 aliphatic carbocycles. The zero-order chi connectivity index (χ0) is 14.1. The summed E-state index contributed by atoms with van der Waals surface area (Å²) >= 11 is 5.82. The molecule has 0 heterocycles. The van der Waals surface area contributed by atoms with Crippen molar-refractivity contribution in [3.63, 3.8) is 0 Å². The Morgan fingerprint density at radius 2 is 2.05 bits per heavy atom. The molecule has 1 amide bonds. The fourth-order valence-corrected chi connectivity index (χ4v) is 1.52. The average Bonchev–Trinajstić information content (AvgIpc) is 2.38. The Hall–Kier alpha value is -1.30. The fourth-order valence-electron chi connectivity index (χ4n) is 1.35. The van der Waals surface area contributed by atoms with Gasteiger partial charge in [-0.2, -0.15) is 0 Å². The zero-order valence-corrected chi connectivity index (χ0v) is 11.7. The second-order valence-corrected chi connectivity index (χ2v) is 4.38. The third-order valence-corrected chi connectivity index (χ3v) is 2.48. The van der Waals surface area contributed by atoms with Crippen LogP contribution in [0.4, 0.5) is 11.4 Å². The third-order valence-electron chi connectivity index (χ3n) is 2.24. The van der Waals surface area contributed by atoms with Crippen molar-refractivity contribution in [1.29, 1.82) is 0 Å². The lowest BCUT2D eigenvalue weighted by Gasteiger charge is -2.09. The zero-order valence-electron chi connectivity index (χ0n) is 10.9. The minimum Gasteiger partial charge on any atom is -0.397 e. The number of hydrogen-bond donors (Lipinski definition) is 2. The first-order valence-electron chi connectivity index (χ1n) is 6.14. The van der Waals surface area contributed by atoms with Crippen LogP contribution < -0.4 is 11.1 Å². The highest BCUT2D eigenvalue weighted by Crippen LogP contribution is 2.22. The maximum Gasteiger partial charge on any atom is 0.250 e. The molecule has 0 atom stereocenters. The van der Waals surface area contributed by atoms with Gasteiger partial charge in [0.15, 0.2) is 0 Å². The largest absolute Gasteiger partial charge is 0.397 e. The summed E-state index contributed by atoms with van der Waals surface area (Å²) in [5.41, 5.74) is 6.66. The van der Waals surface area contributed by atoms with E-state index in [2.05, 4.69) is 5.32 Å². The lowest BCUT2D eigenvalue weighted by molar-refractivity contribution is -0.121. The van der Waals surface area contributed by atoms with Crippen LogP contribution >= 0.6 is 11.6 Å². The number of amides is 1. The molecule has 0 aliphatic rings. The first kappa shape index (κ1) is 15.8. The van der Waals surface area contributed by atoms with E-state index < -0.39 is 0 Å². The summed E-state index contributed by atoms with van der Waals surface area (Å²) in [5, 5.41) is 3.15. The van der Waals surface area contributed by atoms with E-state index >= 15 is 0 Å². The van der Waals surface area contributed by atoms with Gasteiger partial charge in [-0.1, -0.05) is 18.5 Å². The van der Waals surface area contributed by atoms with Crippen molar-refractivity contribution in [2.24, 2.45) is 0 Å². The van der Waals surface area contributed by atoms with E-state index in [9.17, 15) is 4.79 Å². The van der Waals surface area contributed by atoms with Crippen LogP contribution in [0.3, 0.4) is 0 Å². The number of nitrogens with one attached hydrogen (secondary N) is 1. The Bertz CT molecular complexity index is 413. The lowest BCUT2D eigenvalue weighted by Crippen LogP contribution is -2.20. The van der Waals surface area contributed by atoms with Crippen molar-refractivity contribution in [3.8, 4) is 0 Å². The number of nitrogens with two attached hydrogens (primary N) is 1. The second kappa shape index (κ2) is 8.74. The van der Waals surface area contributed by atoms with Crippen molar-refractivity contribution < 1.29 is 14.3 Å². The van der Waals surface area contributed by atoms with Crippen molar-refractivity contribution in [1.82, 2.24) is 0 Å². The molecule has 0 unspecified atom stereocenters. The first-order chi connectivity index (χ1) is 9.13. The molecule has 19 heavy (non-hydrogen) atoms. The molecule has 0 radical (unpaired) electrons. The van der Waals surface area contributed by atoms with Crippen molar-refractivity contribution in [3.05, 3.63) is 23.2 Å². The topological polar surface area (TPSA) is 73.6 Å². The number of hydrogen-bond acceptors (Lipinski definition) is 4. The number of carbonyl (C=O) groups is 1. The summed E-state index contributed by atoms with van der Waals surface area (Å²) in [5.74, 6) is -0.274. The van der Waals surface area contributed by atoms with Crippen LogP contribution in [0.5, 0.6) is 0 Å². The highest BCUT2D eigenvalue weighted by Gasteiger charge is 2.06. The molecule has 106 valence electrons. The van der Waals surface area contributed by atoms with Crippen LogP contribution in [-0.4, -0.2) is 32.3 Å². The van der Waals surface area contributed by atoms with Gasteiger partial charge in [0, 0.05) is 11.6 Å². The van der Waals surface area contributed by atoms with Crippen LogP contribution in [0.1, 0.15) is 13.3 Å². The van der Waals surface area contributed by atoms with Crippen LogP contribution in [0.25, 0.3) is 0 Å². The second-order valence-electron chi connectivity index (χ2n) is 3.94. The summed E-state index contributed by atoms with van der Waals surface area (Å²) in [6, 6.07) is 4.89. The van der Waals surface area contributed by atoms with Gasteiger partial charge in [0.25, 0.3) is 0 Å². The number of ether oxygens (including phenoxy) is 2. The van der Waals surface area contributed by atoms with Crippen molar-refractivity contribution in [2.45, 2.75) is 13.3 Å². The number of anilines is 2. The monoisotopic (exact) mass is 286 g/mol. The molecule has 3 N–H and O–H groups in total. The van der Waals surface area contributed by atoms with Crippen molar-refractivity contribution >= 4 is 28.9 Å². The van der Waals surface area contributed by atoms with Crippen LogP contribution in [0.2, 0.25) is 5.02 Å². The maximum absolute atomic E-state index is 11.6. The molecular formula is C13H19ClN2O3. The molecule has 6 heteroatoms. The van der Waals surface area contributed by atoms with Gasteiger partial charge >= 0.3 is 0 Å². The molecule has 0 bridgehead atoms. The number of carbonyl (C=O) groups excluding carboxylic acids is 1. The molecule has 0 fully saturated rings. The molecule has 5 nitrogen and oxygen atoms in total. The SMILES string of the molecule is CCCOCCOCC(=O)Nc1cc(Cl)ccc1N. The van der Waals surface area contributed by atoms with E-state index in [4.69, 9.17) is 26.8 Å². The highest BCUT2D eigenvalue weighted by atomic mass is 35.5. The Labute approximate surface area is 118 Å². The van der Waals surface area contributed by atoms with E-state index in [0.717, 1.165) is 6.42 Å². The van der Waals surface area contributed by atoms with E-state index in [1.807, 2.05) is 6.92 Å². The standard InChI is InChI=1S/C13H19ClN2O3/c1-2-5-18-6-7-19-9-13(17)16-12-8-10(14)3-4-11(12)15/h3-4,8H,2,5-7,9,15H2,1H3,(H,16,17). The molecule has 1 aromatic carbocycles. The summed E-state index contributed by atoms with van der Waals surface area (Å²) in [6.07, 6.45) is 0.967. The summed E-state index contributed by atoms with van der Waals surface area (Å²) in [6.45, 7) is 3.57. The Morgan fingerprint density at radius 1 is 1.32 bits per heavy atom. The smallest absolute Gasteiger partial charge is 0.250 e. The molecule has 0 spiro atoms. The summed E-state index contributed by atoms with van der Waals surface area (Å²) in [7, 11) is 0. The minimum atomic E-state index is -0.274. The molecule has 1 rings (SSSR count).